The Kier molecular flexibility index (Phi) is 8.85. The first-order chi connectivity index (χ1) is 19.9. The van der Waals surface area contributed by atoms with Crippen LogP contribution in [0.4, 0.5) is 0 Å². The summed E-state index contributed by atoms with van der Waals surface area (Å²) in [6.45, 7) is 7.64. The standard InChI is InChI=1S/C28H26N8O5/c1-6-19(41-22-8-9-31-21-11-24(39-5)23(38-4)10-20(21)22)14-32-17(3)33-28(37)27-25(40-7-2)16-36(35-27)26-15-30-13-18(12-29)34-26/h6,8-11,13-16H,3,7H2,1-2,4-5H3,(H,33,37)/b19-6+,32-14-. The van der Waals surface area contributed by atoms with Crippen LogP contribution in [-0.2, 0) is 0 Å². The Morgan fingerprint density at radius 1 is 1.20 bits per heavy atom. The molecule has 0 aliphatic carbocycles. The highest BCUT2D eigenvalue weighted by Gasteiger charge is 2.20. The molecule has 0 atom stereocenters. The summed E-state index contributed by atoms with van der Waals surface area (Å²) in [5.74, 6) is 1.86. The highest BCUT2D eigenvalue weighted by atomic mass is 16.5. The van der Waals surface area contributed by atoms with Crippen LogP contribution in [0, 0.1) is 11.3 Å². The molecule has 3 heterocycles. The fourth-order valence-electron chi connectivity index (χ4n) is 3.60. The number of ether oxygens (including phenoxy) is 4. The Morgan fingerprint density at radius 2 is 1.98 bits per heavy atom. The SMILES string of the molecule is C=C(/N=C\C(=C/C)Oc1ccnc2cc(OC)c(OC)cc12)NC(=O)c1nn(-c2cncc(C#N)n2)cc1OCC. The van der Waals surface area contributed by atoms with Crippen molar-refractivity contribution in [3.05, 3.63) is 78.6 Å². The van der Waals surface area contributed by atoms with Crippen LogP contribution < -0.4 is 24.3 Å². The van der Waals surface area contributed by atoms with Gasteiger partial charge < -0.3 is 24.3 Å². The van der Waals surface area contributed by atoms with Crippen molar-refractivity contribution in [3.63, 3.8) is 0 Å². The molecule has 1 aromatic carbocycles. The number of aliphatic imine (C=N–C) groups is 1. The smallest absolute Gasteiger partial charge is 0.281 e. The summed E-state index contributed by atoms with van der Waals surface area (Å²) in [5, 5.41) is 16.6. The van der Waals surface area contributed by atoms with Gasteiger partial charge in [-0.25, -0.2) is 14.7 Å². The molecule has 4 aromatic rings. The quantitative estimate of drug-likeness (QED) is 0.214. The van der Waals surface area contributed by atoms with Gasteiger partial charge in [0.25, 0.3) is 5.91 Å². The molecule has 0 unspecified atom stereocenters. The molecule has 13 heteroatoms. The van der Waals surface area contributed by atoms with E-state index >= 15 is 0 Å². The number of aromatic nitrogens is 5. The molecule has 41 heavy (non-hydrogen) atoms. The van der Waals surface area contributed by atoms with Gasteiger partial charge in [-0.15, -0.1) is 0 Å². The van der Waals surface area contributed by atoms with Gasteiger partial charge in [0.2, 0.25) is 0 Å². The summed E-state index contributed by atoms with van der Waals surface area (Å²) in [6.07, 6.45) is 8.94. The van der Waals surface area contributed by atoms with Crippen LogP contribution in [0.15, 0.2) is 72.2 Å². The van der Waals surface area contributed by atoms with Crippen LogP contribution >= 0.6 is 0 Å². The van der Waals surface area contributed by atoms with Gasteiger partial charge in [0.05, 0.1) is 51.1 Å². The van der Waals surface area contributed by atoms with E-state index in [0.717, 1.165) is 0 Å². The van der Waals surface area contributed by atoms with Crippen molar-refractivity contribution in [2.75, 3.05) is 20.8 Å². The molecule has 13 nitrogen and oxygen atoms in total. The summed E-state index contributed by atoms with van der Waals surface area (Å²) in [7, 11) is 3.10. The molecule has 0 aliphatic heterocycles. The lowest BCUT2D eigenvalue weighted by Crippen LogP contribution is -2.23. The summed E-state index contributed by atoms with van der Waals surface area (Å²) in [6, 6.07) is 7.16. The van der Waals surface area contributed by atoms with Crippen LogP contribution in [0.25, 0.3) is 16.7 Å². The van der Waals surface area contributed by atoms with Gasteiger partial charge in [-0.2, -0.15) is 10.4 Å². The number of hydrogen-bond donors (Lipinski definition) is 1. The van der Waals surface area contributed by atoms with E-state index in [1.165, 1.54) is 29.5 Å². The van der Waals surface area contributed by atoms with E-state index in [9.17, 15) is 4.79 Å². The van der Waals surface area contributed by atoms with Gasteiger partial charge in [0.15, 0.2) is 34.5 Å². The second kappa shape index (κ2) is 12.9. The first-order valence-corrected chi connectivity index (χ1v) is 12.2. The van der Waals surface area contributed by atoms with E-state index in [4.69, 9.17) is 24.2 Å². The van der Waals surface area contributed by atoms with E-state index in [2.05, 4.69) is 36.9 Å². The maximum atomic E-state index is 13.0. The molecular weight excluding hydrogens is 528 g/mol. The van der Waals surface area contributed by atoms with Crippen molar-refractivity contribution >= 4 is 23.0 Å². The molecule has 0 aliphatic rings. The highest BCUT2D eigenvalue weighted by molar-refractivity contribution is 5.96. The highest BCUT2D eigenvalue weighted by Crippen LogP contribution is 2.35. The maximum absolute atomic E-state index is 13.0. The molecule has 0 saturated heterocycles. The monoisotopic (exact) mass is 554 g/mol. The van der Waals surface area contributed by atoms with Gasteiger partial charge in [0, 0.05) is 17.6 Å². The number of allylic oxidation sites excluding steroid dienone is 2. The fourth-order valence-corrected chi connectivity index (χ4v) is 3.60. The summed E-state index contributed by atoms with van der Waals surface area (Å²) < 4.78 is 23.7. The largest absolute Gasteiger partial charge is 0.493 e. The molecule has 0 bridgehead atoms. The van der Waals surface area contributed by atoms with Crippen molar-refractivity contribution in [1.82, 2.24) is 30.0 Å². The normalized spacial score (nSPS) is 11.2. The van der Waals surface area contributed by atoms with E-state index < -0.39 is 5.91 Å². The Morgan fingerprint density at radius 3 is 2.68 bits per heavy atom. The number of carbonyl (C=O) groups excluding carboxylic acids is 1. The van der Waals surface area contributed by atoms with E-state index in [1.54, 1.807) is 58.5 Å². The van der Waals surface area contributed by atoms with Gasteiger partial charge in [0.1, 0.15) is 23.4 Å². The fraction of sp³-hybridized carbons (Fsp3) is 0.179. The van der Waals surface area contributed by atoms with E-state index in [0.29, 0.717) is 40.5 Å². The molecule has 0 spiro atoms. The van der Waals surface area contributed by atoms with E-state index in [1.807, 2.05) is 6.07 Å². The zero-order valence-electron chi connectivity index (χ0n) is 22.8. The number of rotatable bonds is 11. The number of nitrogens with one attached hydrogen (secondary N) is 1. The third-order valence-corrected chi connectivity index (χ3v) is 5.49. The van der Waals surface area contributed by atoms with Crippen molar-refractivity contribution < 1.29 is 23.7 Å². The lowest BCUT2D eigenvalue weighted by Gasteiger charge is -2.12. The predicted molar refractivity (Wildman–Crippen MR) is 149 cm³/mol. The van der Waals surface area contributed by atoms with Gasteiger partial charge in [-0.05, 0) is 32.1 Å². The third-order valence-electron chi connectivity index (χ3n) is 5.49. The number of amides is 1. The molecule has 1 N–H and O–H groups in total. The maximum Gasteiger partial charge on any atom is 0.281 e. The molecule has 4 rings (SSSR count). The lowest BCUT2D eigenvalue weighted by atomic mass is 10.2. The average Bonchev–Trinajstić information content (AvgIpc) is 3.42. The molecule has 0 saturated carbocycles. The molecule has 1 amide bonds. The van der Waals surface area contributed by atoms with Crippen LogP contribution in [0.1, 0.15) is 30.0 Å². The van der Waals surface area contributed by atoms with Crippen LogP contribution in [0.3, 0.4) is 0 Å². The first-order valence-electron chi connectivity index (χ1n) is 12.2. The summed E-state index contributed by atoms with van der Waals surface area (Å²) in [4.78, 5) is 29.7. The average molecular weight is 555 g/mol. The van der Waals surface area contributed by atoms with Crippen molar-refractivity contribution in [2.24, 2.45) is 4.99 Å². The molecule has 208 valence electrons. The number of carbonyl (C=O) groups is 1. The summed E-state index contributed by atoms with van der Waals surface area (Å²) >= 11 is 0. The zero-order chi connectivity index (χ0) is 29.4. The predicted octanol–water partition coefficient (Wildman–Crippen LogP) is 3.75. The third kappa shape index (κ3) is 6.45. The topological polar surface area (TPSA) is 159 Å². The minimum absolute atomic E-state index is 0.0255. The van der Waals surface area contributed by atoms with Gasteiger partial charge in [-0.3, -0.25) is 14.8 Å². The number of nitrogens with zero attached hydrogens (tertiary/aromatic N) is 7. The van der Waals surface area contributed by atoms with Gasteiger partial charge in [-0.1, -0.05) is 6.58 Å². The Labute approximate surface area is 235 Å². The number of fused-ring (bicyclic) bond motifs is 1. The number of pyridine rings is 1. The molecule has 0 radical (unpaired) electrons. The van der Waals surface area contributed by atoms with E-state index in [-0.39, 0.29) is 28.8 Å². The number of nitriles is 1. The lowest BCUT2D eigenvalue weighted by molar-refractivity contribution is 0.0956. The Balaban J connectivity index is 1.50. The minimum Gasteiger partial charge on any atom is -0.493 e. The second-order valence-corrected chi connectivity index (χ2v) is 8.08. The van der Waals surface area contributed by atoms with Crippen LogP contribution in [-0.4, -0.2) is 57.7 Å². The Bertz CT molecular complexity index is 1700. The van der Waals surface area contributed by atoms with Crippen LogP contribution in [0.2, 0.25) is 0 Å². The molecular formula is C28H26N8O5. The first kappa shape index (κ1) is 28.2. The van der Waals surface area contributed by atoms with Crippen molar-refractivity contribution in [1.29, 1.82) is 5.26 Å². The molecule has 3 aromatic heterocycles. The van der Waals surface area contributed by atoms with Crippen LogP contribution in [0.5, 0.6) is 23.0 Å². The molecule has 0 fully saturated rings. The second-order valence-electron chi connectivity index (χ2n) is 8.08. The van der Waals surface area contributed by atoms with Crippen molar-refractivity contribution in [3.8, 4) is 34.9 Å². The Hall–Kier alpha value is -5.77. The zero-order valence-corrected chi connectivity index (χ0v) is 22.8. The van der Waals surface area contributed by atoms with Gasteiger partial charge >= 0.3 is 0 Å². The number of hydrogen-bond acceptors (Lipinski definition) is 11. The summed E-state index contributed by atoms with van der Waals surface area (Å²) in [5.41, 5.74) is 0.729. The van der Waals surface area contributed by atoms with Crippen molar-refractivity contribution in [2.45, 2.75) is 13.8 Å². The number of benzene rings is 1. The number of methoxy groups -OCH3 is 2. The minimum atomic E-state index is -0.608.